The Bertz CT molecular complexity index is 1500. The Kier molecular flexibility index (Phi) is 8.02. The van der Waals surface area contributed by atoms with Gasteiger partial charge in [0.15, 0.2) is 4.34 Å². The second-order valence-electron chi connectivity index (χ2n) is 8.77. The minimum Gasteiger partial charge on any atom is -0.378 e. The molecule has 2 N–H and O–H groups in total. The molecule has 10 heteroatoms. The van der Waals surface area contributed by atoms with E-state index in [1.165, 1.54) is 23.1 Å². The minimum atomic E-state index is -0.353. The van der Waals surface area contributed by atoms with Gasteiger partial charge in [0.2, 0.25) is 5.91 Å². The summed E-state index contributed by atoms with van der Waals surface area (Å²) < 4.78 is 6.99. The number of nitrogens with one attached hydrogen (secondary N) is 2. The maximum atomic E-state index is 13.1. The molecule has 2 heterocycles. The first kappa shape index (κ1) is 25.9. The van der Waals surface area contributed by atoms with Gasteiger partial charge in [-0.25, -0.2) is 4.98 Å². The molecule has 0 aliphatic carbocycles. The summed E-state index contributed by atoms with van der Waals surface area (Å²) in [7, 11) is 0. The fourth-order valence-corrected chi connectivity index (χ4v) is 6.00. The lowest BCUT2D eigenvalue weighted by atomic mass is 10.0. The van der Waals surface area contributed by atoms with Gasteiger partial charge in [0.25, 0.3) is 11.8 Å². The smallest absolute Gasteiger partial charge is 0.256 e. The van der Waals surface area contributed by atoms with Crippen LogP contribution in [0.15, 0.2) is 71.1 Å². The number of anilines is 2. The van der Waals surface area contributed by atoms with Crippen molar-refractivity contribution in [2.24, 2.45) is 0 Å². The number of amides is 3. The van der Waals surface area contributed by atoms with Crippen molar-refractivity contribution in [3.63, 3.8) is 0 Å². The molecule has 0 saturated carbocycles. The van der Waals surface area contributed by atoms with Crippen LogP contribution in [0.1, 0.15) is 26.3 Å². The van der Waals surface area contributed by atoms with Crippen LogP contribution >= 0.6 is 23.1 Å². The number of fused-ring (bicyclic) bond motifs is 1. The number of carbonyl (C=O) groups excluding carboxylic acids is 3. The van der Waals surface area contributed by atoms with Gasteiger partial charge in [-0.15, -0.1) is 11.3 Å². The van der Waals surface area contributed by atoms with E-state index in [4.69, 9.17) is 4.74 Å². The summed E-state index contributed by atoms with van der Waals surface area (Å²) in [6, 6.07) is 20.0. The van der Waals surface area contributed by atoms with E-state index in [0.717, 1.165) is 25.8 Å². The van der Waals surface area contributed by atoms with Gasteiger partial charge >= 0.3 is 0 Å². The molecule has 38 heavy (non-hydrogen) atoms. The fraction of sp³-hybridized carbons (Fsp3) is 0.214. The number of aromatic nitrogens is 1. The van der Waals surface area contributed by atoms with Crippen molar-refractivity contribution in [3.8, 4) is 0 Å². The van der Waals surface area contributed by atoms with Gasteiger partial charge in [0.05, 0.1) is 40.3 Å². The topological polar surface area (TPSA) is 101 Å². The van der Waals surface area contributed by atoms with Crippen LogP contribution < -0.4 is 10.6 Å². The van der Waals surface area contributed by atoms with E-state index >= 15 is 0 Å². The molecule has 3 aromatic carbocycles. The Hall–Kier alpha value is -3.73. The molecule has 1 fully saturated rings. The van der Waals surface area contributed by atoms with E-state index in [1.54, 1.807) is 35.2 Å². The summed E-state index contributed by atoms with van der Waals surface area (Å²) in [5.74, 6) is -0.387. The minimum absolute atomic E-state index is 0.0990. The van der Waals surface area contributed by atoms with Crippen LogP contribution in [0.25, 0.3) is 10.2 Å². The van der Waals surface area contributed by atoms with Gasteiger partial charge in [-0.2, -0.15) is 0 Å². The van der Waals surface area contributed by atoms with Gasteiger partial charge in [-0.1, -0.05) is 36.0 Å². The Balaban J connectivity index is 1.24. The lowest BCUT2D eigenvalue weighted by molar-refractivity contribution is -0.113. The first-order valence-corrected chi connectivity index (χ1v) is 13.9. The number of nitrogens with zero attached hydrogens (tertiary/aromatic N) is 2. The molecule has 1 aliphatic rings. The number of hydrogen-bond donors (Lipinski definition) is 2. The molecule has 1 saturated heterocycles. The Morgan fingerprint density at radius 1 is 0.947 bits per heavy atom. The lowest BCUT2D eigenvalue weighted by Gasteiger charge is -2.27. The second kappa shape index (κ2) is 11.8. The quantitative estimate of drug-likeness (QED) is 0.314. The lowest BCUT2D eigenvalue weighted by Crippen LogP contribution is -2.41. The van der Waals surface area contributed by atoms with Crippen molar-refractivity contribution in [2.75, 3.05) is 42.7 Å². The van der Waals surface area contributed by atoms with Crippen molar-refractivity contribution >= 4 is 62.4 Å². The zero-order valence-corrected chi connectivity index (χ0v) is 22.4. The van der Waals surface area contributed by atoms with Gasteiger partial charge < -0.3 is 20.3 Å². The molecular weight excluding hydrogens is 520 g/mol. The Morgan fingerprint density at radius 3 is 2.50 bits per heavy atom. The van der Waals surface area contributed by atoms with E-state index in [1.807, 2.05) is 43.3 Å². The summed E-state index contributed by atoms with van der Waals surface area (Å²) in [5, 5.41) is 5.82. The van der Waals surface area contributed by atoms with E-state index < -0.39 is 0 Å². The maximum Gasteiger partial charge on any atom is 0.256 e. The number of rotatable bonds is 7. The summed E-state index contributed by atoms with van der Waals surface area (Å²) in [4.78, 5) is 44.9. The predicted octanol–water partition coefficient (Wildman–Crippen LogP) is 5.06. The highest BCUT2D eigenvalue weighted by atomic mass is 32.2. The summed E-state index contributed by atoms with van der Waals surface area (Å²) in [6.45, 7) is 3.97. The second-order valence-corrected chi connectivity index (χ2v) is 11.0. The van der Waals surface area contributed by atoms with Crippen LogP contribution in [-0.2, 0) is 9.53 Å². The summed E-state index contributed by atoms with van der Waals surface area (Å²) in [6.07, 6.45) is 0. The summed E-state index contributed by atoms with van der Waals surface area (Å²) in [5.41, 5.74) is 3.94. The third-order valence-electron chi connectivity index (χ3n) is 5.96. The van der Waals surface area contributed by atoms with E-state index in [9.17, 15) is 14.4 Å². The van der Waals surface area contributed by atoms with Crippen molar-refractivity contribution in [2.45, 2.75) is 11.3 Å². The monoisotopic (exact) mass is 546 g/mol. The van der Waals surface area contributed by atoms with Crippen molar-refractivity contribution in [1.29, 1.82) is 0 Å². The number of thiazole rings is 1. The molecule has 4 aromatic rings. The number of hydrogen-bond acceptors (Lipinski definition) is 7. The molecule has 0 bridgehead atoms. The largest absolute Gasteiger partial charge is 0.378 e. The summed E-state index contributed by atoms with van der Waals surface area (Å²) >= 11 is 2.83. The van der Waals surface area contributed by atoms with Gasteiger partial charge in [0.1, 0.15) is 0 Å². The average molecular weight is 547 g/mol. The first-order chi connectivity index (χ1) is 18.5. The molecule has 1 aromatic heterocycles. The van der Waals surface area contributed by atoms with Gasteiger partial charge in [-0.3, -0.25) is 14.4 Å². The zero-order valence-electron chi connectivity index (χ0n) is 20.7. The zero-order chi connectivity index (χ0) is 26.5. The number of aryl methyl sites for hydroxylation is 1. The van der Waals surface area contributed by atoms with Gasteiger partial charge in [0, 0.05) is 24.5 Å². The standard InChI is InChI=1S/C28H26N4O4S2/c1-18-5-4-6-19(15-18)29-25(33)17-37-28-31-23-10-9-20(16-24(23)38-28)30-26(34)21-7-2-3-8-22(21)27(35)32-11-13-36-14-12-32/h2-10,15-16H,11-14,17H2,1H3,(H,29,33)(H,30,34). The molecule has 1 aliphatic heterocycles. The van der Waals surface area contributed by atoms with E-state index in [0.29, 0.717) is 43.1 Å². The van der Waals surface area contributed by atoms with Crippen LogP contribution in [0, 0.1) is 6.92 Å². The SMILES string of the molecule is Cc1cccc(NC(=O)CSc2nc3ccc(NC(=O)c4ccccc4C(=O)N4CCOCC4)cc3s2)c1. The highest BCUT2D eigenvalue weighted by molar-refractivity contribution is 8.01. The molecular formula is C28H26N4O4S2. The van der Waals surface area contributed by atoms with Crippen LogP contribution in [0.3, 0.4) is 0 Å². The third kappa shape index (κ3) is 6.21. The van der Waals surface area contributed by atoms with Crippen LogP contribution in [-0.4, -0.2) is 59.7 Å². The predicted molar refractivity (Wildman–Crippen MR) is 151 cm³/mol. The van der Waals surface area contributed by atoms with Crippen molar-refractivity contribution < 1.29 is 19.1 Å². The highest BCUT2D eigenvalue weighted by Crippen LogP contribution is 2.31. The first-order valence-electron chi connectivity index (χ1n) is 12.1. The van der Waals surface area contributed by atoms with Gasteiger partial charge in [-0.05, 0) is 55.0 Å². The molecule has 3 amide bonds. The third-order valence-corrected chi connectivity index (χ3v) is 8.12. The molecule has 5 rings (SSSR count). The molecule has 0 spiro atoms. The van der Waals surface area contributed by atoms with E-state index in [2.05, 4.69) is 15.6 Å². The number of morpholine rings is 1. The molecule has 0 radical (unpaired) electrons. The Labute approximate surface area is 228 Å². The van der Waals surface area contributed by atoms with Crippen molar-refractivity contribution in [3.05, 3.63) is 83.4 Å². The number of thioether (sulfide) groups is 1. The molecule has 8 nitrogen and oxygen atoms in total. The number of ether oxygens (including phenoxy) is 1. The van der Waals surface area contributed by atoms with Crippen LogP contribution in [0.4, 0.5) is 11.4 Å². The highest BCUT2D eigenvalue weighted by Gasteiger charge is 2.23. The molecule has 0 atom stereocenters. The molecule has 194 valence electrons. The molecule has 0 unspecified atom stereocenters. The normalized spacial score (nSPS) is 13.3. The van der Waals surface area contributed by atoms with Crippen LogP contribution in [0.5, 0.6) is 0 Å². The van der Waals surface area contributed by atoms with E-state index in [-0.39, 0.29) is 23.5 Å². The van der Waals surface area contributed by atoms with Crippen molar-refractivity contribution in [1.82, 2.24) is 9.88 Å². The number of benzene rings is 3. The Morgan fingerprint density at radius 2 is 1.71 bits per heavy atom. The van der Waals surface area contributed by atoms with Crippen LogP contribution in [0.2, 0.25) is 0 Å². The fourth-order valence-electron chi connectivity index (χ4n) is 4.09. The number of carbonyl (C=O) groups is 3. The maximum absolute atomic E-state index is 13.1. The average Bonchev–Trinajstić information content (AvgIpc) is 3.34.